The summed E-state index contributed by atoms with van der Waals surface area (Å²) in [6, 6.07) is 15.0. The van der Waals surface area contributed by atoms with Crippen molar-refractivity contribution >= 4 is 35.1 Å². The molecular weight excluding hydrogens is 424 g/mol. The van der Waals surface area contributed by atoms with E-state index < -0.39 is 12.0 Å². The highest BCUT2D eigenvalue weighted by molar-refractivity contribution is 6.04. The second-order valence-electron chi connectivity index (χ2n) is 7.57. The summed E-state index contributed by atoms with van der Waals surface area (Å²) in [4.78, 5) is 50.9. The summed E-state index contributed by atoms with van der Waals surface area (Å²) < 4.78 is 5.07. The maximum Gasteiger partial charge on any atom is 0.308 e. The van der Waals surface area contributed by atoms with Crippen molar-refractivity contribution in [2.75, 3.05) is 36.9 Å². The first kappa shape index (κ1) is 23.8. The average molecular weight is 453 g/mol. The largest absolute Gasteiger partial charge is 0.466 e. The molecule has 3 amide bonds. The molecule has 3 N–H and O–H groups in total. The first-order valence-corrected chi connectivity index (χ1v) is 10.9. The Morgan fingerprint density at radius 3 is 2.61 bits per heavy atom. The Bertz CT molecular complexity index is 995. The third kappa shape index (κ3) is 6.80. The Balaban J connectivity index is 1.58. The van der Waals surface area contributed by atoms with E-state index in [1.807, 2.05) is 13.0 Å². The number of piperazine rings is 1. The molecule has 2 aromatic carbocycles. The zero-order valence-corrected chi connectivity index (χ0v) is 18.5. The summed E-state index contributed by atoms with van der Waals surface area (Å²) in [5.41, 5.74) is 1.75. The predicted octanol–water partition coefficient (Wildman–Crippen LogP) is 2.02. The van der Waals surface area contributed by atoms with Crippen molar-refractivity contribution in [3.63, 3.8) is 0 Å². The van der Waals surface area contributed by atoms with Gasteiger partial charge in [-0.2, -0.15) is 0 Å². The molecule has 1 unspecified atom stereocenters. The minimum Gasteiger partial charge on any atom is -0.466 e. The first-order valence-electron chi connectivity index (χ1n) is 10.9. The van der Waals surface area contributed by atoms with Crippen LogP contribution in [0.4, 0.5) is 11.4 Å². The molecule has 9 nitrogen and oxygen atoms in total. The van der Waals surface area contributed by atoms with Gasteiger partial charge in [0.1, 0.15) is 6.04 Å². The summed E-state index contributed by atoms with van der Waals surface area (Å²) in [6.45, 7) is 2.73. The fourth-order valence-electron chi connectivity index (χ4n) is 3.43. The van der Waals surface area contributed by atoms with E-state index in [2.05, 4.69) is 16.0 Å². The SMILES string of the molecule is CCCOC(=O)CC1C(=O)NCCN1C(=O)CNc1cccc(NC(=O)c2ccccc2)c1. The minimum atomic E-state index is -0.895. The van der Waals surface area contributed by atoms with Gasteiger partial charge in [0.2, 0.25) is 11.8 Å². The van der Waals surface area contributed by atoms with Gasteiger partial charge in [-0.1, -0.05) is 31.2 Å². The van der Waals surface area contributed by atoms with Crippen molar-refractivity contribution in [3.05, 3.63) is 60.2 Å². The zero-order chi connectivity index (χ0) is 23.6. The summed E-state index contributed by atoms with van der Waals surface area (Å²) in [5.74, 6) is -1.42. The molecule has 1 fully saturated rings. The Morgan fingerprint density at radius 1 is 1.09 bits per heavy atom. The van der Waals surface area contributed by atoms with E-state index >= 15 is 0 Å². The van der Waals surface area contributed by atoms with E-state index in [4.69, 9.17) is 4.74 Å². The molecule has 0 aromatic heterocycles. The van der Waals surface area contributed by atoms with Gasteiger partial charge in [0.15, 0.2) is 0 Å². The molecule has 0 radical (unpaired) electrons. The van der Waals surface area contributed by atoms with Gasteiger partial charge in [-0.15, -0.1) is 0 Å². The smallest absolute Gasteiger partial charge is 0.308 e. The molecule has 1 heterocycles. The number of hydrogen-bond donors (Lipinski definition) is 3. The Labute approximate surface area is 192 Å². The molecule has 0 bridgehead atoms. The predicted molar refractivity (Wildman–Crippen MR) is 124 cm³/mol. The lowest BCUT2D eigenvalue weighted by Gasteiger charge is -2.34. The van der Waals surface area contributed by atoms with Gasteiger partial charge in [0.25, 0.3) is 5.91 Å². The zero-order valence-electron chi connectivity index (χ0n) is 18.5. The second kappa shape index (κ2) is 11.7. The molecule has 0 saturated carbocycles. The Hall–Kier alpha value is -3.88. The number of nitrogens with zero attached hydrogens (tertiary/aromatic N) is 1. The molecule has 1 atom stereocenters. The van der Waals surface area contributed by atoms with Crippen molar-refractivity contribution < 1.29 is 23.9 Å². The summed E-state index contributed by atoms with van der Waals surface area (Å²) in [6.07, 6.45) is 0.499. The van der Waals surface area contributed by atoms with E-state index in [1.54, 1.807) is 48.5 Å². The van der Waals surface area contributed by atoms with Crippen molar-refractivity contribution in [1.82, 2.24) is 10.2 Å². The van der Waals surface area contributed by atoms with Crippen LogP contribution in [0.3, 0.4) is 0 Å². The molecule has 1 saturated heterocycles. The van der Waals surface area contributed by atoms with Gasteiger partial charge in [0, 0.05) is 30.0 Å². The van der Waals surface area contributed by atoms with Gasteiger partial charge in [-0.05, 0) is 36.8 Å². The van der Waals surface area contributed by atoms with Crippen LogP contribution in [0.2, 0.25) is 0 Å². The maximum absolute atomic E-state index is 12.8. The Morgan fingerprint density at radius 2 is 1.85 bits per heavy atom. The van der Waals surface area contributed by atoms with E-state index in [0.717, 1.165) is 0 Å². The molecule has 0 spiro atoms. The van der Waals surface area contributed by atoms with Crippen LogP contribution < -0.4 is 16.0 Å². The van der Waals surface area contributed by atoms with E-state index in [1.165, 1.54) is 4.90 Å². The molecule has 33 heavy (non-hydrogen) atoms. The van der Waals surface area contributed by atoms with Crippen molar-refractivity contribution in [2.45, 2.75) is 25.8 Å². The van der Waals surface area contributed by atoms with Gasteiger partial charge in [-0.25, -0.2) is 0 Å². The number of carbonyl (C=O) groups excluding carboxylic acids is 4. The number of benzene rings is 2. The fourth-order valence-corrected chi connectivity index (χ4v) is 3.43. The third-order valence-corrected chi connectivity index (χ3v) is 5.08. The minimum absolute atomic E-state index is 0.0656. The number of amides is 3. The van der Waals surface area contributed by atoms with Gasteiger partial charge in [0.05, 0.1) is 19.6 Å². The number of rotatable bonds is 9. The number of anilines is 2. The van der Waals surface area contributed by atoms with E-state index in [0.29, 0.717) is 36.4 Å². The summed E-state index contributed by atoms with van der Waals surface area (Å²) >= 11 is 0. The number of ether oxygens (including phenoxy) is 1. The molecule has 1 aliphatic heterocycles. The van der Waals surface area contributed by atoms with E-state index in [-0.39, 0.29) is 37.3 Å². The number of carbonyl (C=O) groups is 4. The number of esters is 1. The van der Waals surface area contributed by atoms with Crippen molar-refractivity contribution in [1.29, 1.82) is 0 Å². The van der Waals surface area contributed by atoms with E-state index in [9.17, 15) is 19.2 Å². The normalized spacial score (nSPS) is 15.4. The van der Waals surface area contributed by atoms with Crippen molar-refractivity contribution in [3.8, 4) is 0 Å². The summed E-state index contributed by atoms with van der Waals surface area (Å²) in [7, 11) is 0. The average Bonchev–Trinajstić information content (AvgIpc) is 2.83. The topological polar surface area (TPSA) is 117 Å². The quantitative estimate of drug-likeness (QED) is 0.501. The molecule has 174 valence electrons. The fraction of sp³-hybridized carbons (Fsp3) is 0.333. The lowest BCUT2D eigenvalue weighted by atomic mass is 10.1. The maximum atomic E-state index is 12.8. The van der Waals surface area contributed by atoms with Crippen LogP contribution in [0.25, 0.3) is 0 Å². The second-order valence-corrected chi connectivity index (χ2v) is 7.57. The first-order chi connectivity index (χ1) is 16.0. The van der Waals surface area contributed by atoms with Gasteiger partial charge >= 0.3 is 5.97 Å². The molecule has 2 aromatic rings. The highest BCUT2D eigenvalue weighted by Gasteiger charge is 2.34. The molecule has 1 aliphatic rings. The highest BCUT2D eigenvalue weighted by Crippen LogP contribution is 2.17. The lowest BCUT2D eigenvalue weighted by Crippen LogP contribution is -2.58. The van der Waals surface area contributed by atoms with Gasteiger partial charge in [-0.3, -0.25) is 19.2 Å². The van der Waals surface area contributed by atoms with Crippen LogP contribution in [0.1, 0.15) is 30.1 Å². The molecule has 3 rings (SSSR count). The number of nitrogens with one attached hydrogen (secondary N) is 3. The van der Waals surface area contributed by atoms with Crippen molar-refractivity contribution in [2.24, 2.45) is 0 Å². The van der Waals surface area contributed by atoms with Crippen LogP contribution in [0, 0.1) is 0 Å². The monoisotopic (exact) mass is 452 g/mol. The van der Waals surface area contributed by atoms with Crippen LogP contribution in [-0.4, -0.2) is 60.9 Å². The standard InChI is InChI=1S/C24H28N4O5/c1-2-13-33-22(30)15-20-24(32)25-11-12-28(20)21(29)16-26-18-9-6-10-19(14-18)27-23(31)17-7-4-3-5-8-17/h3-10,14,20,26H,2,11-13,15-16H2,1H3,(H,25,32)(H,27,31). The third-order valence-electron chi connectivity index (χ3n) is 5.08. The van der Waals surface area contributed by atoms with Crippen LogP contribution in [-0.2, 0) is 19.1 Å². The molecular formula is C24H28N4O5. The lowest BCUT2D eigenvalue weighted by molar-refractivity contribution is -0.151. The molecule has 0 aliphatic carbocycles. The molecule has 9 heteroatoms. The van der Waals surface area contributed by atoms with Crippen LogP contribution in [0.5, 0.6) is 0 Å². The highest BCUT2D eigenvalue weighted by atomic mass is 16.5. The number of hydrogen-bond acceptors (Lipinski definition) is 6. The summed E-state index contributed by atoms with van der Waals surface area (Å²) in [5, 5.41) is 8.54. The van der Waals surface area contributed by atoms with Crippen LogP contribution in [0.15, 0.2) is 54.6 Å². The Kier molecular flexibility index (Phi) is 8.40. The van der Waals surface area contributed by atoms with Crippen LogP contribution >= 0.6 is 0 Å². The van der Waals surface area contributed by atoms with Gasteiger partial charge < -0.3 is 25.6 Å².